The van der Waals surface area contributed by atoms with Crippen LogP contribution in [0.3, 0.4) is 0 Å². The average molecular weight is 412 g/mol. The number of hydrogen-bond donors (Lipinski definition) is 1. The van der Waals surface area contributed by atoms with Crippen molar-refractivity contribution in [3.63, 3.8) is 0 Å². The van der Waals surface area contributed by atoms with Gasteiger partial charge in [0.25, 0.3) is 5.91 Å². The summed E-state index contributed by atoms with van der Waals surface area (Å²) in [5, 5.41) is 3.58. The fourth-order valence-corrected chi connectivity index (χ4v) is 3.63. The van der Waals surface area contributed by atoms with E-state index in [-0.39, 0.29) is 5.91 Å². The molecule has 1 N–H and O–H groups in total. The molecule has 3 nitrogen and oxygen atoms in total. The Labute approximate surface area is 175 Å². The second kappa shape index (κ2) is 9.67. The minimum atomic E-state index is -0.617. The third kappa shape index (κ3) is 5.78. The topological polar surface area (TPSA) is 38.3 Å². The van der Waals surface area contributed by atoms with Crippen molar-refractivity contribution < 1.29 is 9.53 Å². The molecule has 0 aliphatic heterocycles. The summed E-state index contributed by atoms with van der Waals surface area (Å²) < 4.78 is 5.68. The van der Waals surface area contributed by atoms with E-state index in [0.717, 1.165) is 17.0 Å². The Balaban J connectivity index is 1.57. The number of rotatable bonds is 7. The van der Waals surface area contributed by atoms with Crippen LogP contribution in [0.4, 0.5) is 5.69 Å². The first-order chi connectivity index (χ1) is 13.5. The molecule has 28 heavy (non-hydrogen) atoms. The molecule has 0 unspecified atom stereocenters. The van der Waals surface area contributed by atoms with Crippen molar-refractivity contribution in [2.24, 2.45) is 0 Å². The van der Waals surface area contributed by atoms with E-state index in [2.05, 4.69) is 23.5 Å². The summed E-state index contributed by atoms with van der Waals surface area (Å²) in [6.07, 6.45) is -0.617. The van der Waals surface area contributed by atoms with E-state index in [0.29, 0.717) is 10.8 Å². The van der Waals surface area contributed by atoms with Crippen LogP contribution in [0.1, 0.15) is 18.1 Å². The summed E-state index contributed by atoms with van der Waals surface area (Å²) in [6.45, 7) is 3.72. The third-order valence-electron chi connectivity index (χ3n) is 4.19. The number of nitrogens with one attached hydrogen (secondary N) is 1. The molecule has 0 saturated carbocycles. The molecule has 0 fully saturated rings. The van der Waals surface area contributed by atoms with Crippen LogP contribution in [0.25, 0.3) is 0 Å². The normalized spacial score (nSPS) is 11.7. The van der Waals surface area contributed by atoms with Gasteiger partial charge in [-0.05, 0) is 67.4 Å². The molecule has 0 bridgehead atoms. The Morgan fingerprint density at radius 2 is 1.79 bits per heavy atom. The highest BCUT2D eigenvalue weighted by atomic mass is 35.5. The van der Waals surface area contributed by atoms with Gasteiger partial charge in [0.05, 0.1) is 0 Å². The molecule has 0 aliphatic carbocycles. The van der Waals surface area contributed by atoms with Crippen LogP contribution >= 0.6 is 23.4 Å². The van der Waals surface area contributed by atoms with Gasteiger partial charge >= 0.3 is 0 Å². The molecule has 3 rings (SSSR count). The number of benzene rings is 3. The van der Waals surface area contributed by atoms with Gasteiger partial charge in [-0.3, -0.25) is 4.79 Å². The van der Waals surface area contributed by atoms with E-state index >= 15 is 0 Å². The van der Waals surface area contributed by atoms with Crippen LogP contribution < -0.4 is 10.1 Å². The Kier molecular flexibility index (Phi) is 7.01. The van der Waals surface area contributed by atoms with Gasteiger partial charge in [0.15, 0.2) is 6.10 Å². The predicted molar refractivity (Wildman–Crippen MR) is 117 cm³/mol. The third-order valence-corrected chi connectivity index (χ3v) is 5.53. The second-order valence-corrected chi connectivity index (χ2v) is 7.94. The molecule has 1 amide bonds. The fourth-order valence-electron chi connectivity index (χ4n) is 2.64. The highest BCUT2D eigenvalue weighted by Crippen LogP contribution is 2.25. The number of thioether (sulfide) groups is 1. The fraction of sp³-hybridized carbons (Fsp3) is 0.174. The molecule has 0 aliphatic rings. The van der Waals surface area contributed by atoms with Crippen LogP contribution in [-0.4, -0.2) is 12.0 Å². The maximum Gasteiger partial charge on any atom is 0.265 e. The molecule has 0 aromatic heterocycles. The first-order valence-electron chi connectivity index (χ1n) is 9.02. The molecule has 1 atom stereocenters. The van der Waals surface area contributed by atoms with Gasteiger partial charge in [0, 0.05) is 21.4 Å². The van der Waals surface area contributed by atoms with Gasteiger partial charge in [-0.15, -0.1) is 11.8 Å². The Bertz CT molecular complexity index is 929. The molecule has 3 aromatic carbocycles. The number of ether oxygens (including phenoxy) is 1. The highest BCUT2D eigenvalue weighted by molar-refractivity contribution is 7.98. The predicted octanol–water partition coefficient (Wildman–Crippen LogP) is 6.35. The molecule has 0 saturated heterocycles. The summed E-state index contributed by atoms with van der Waals surface area (Å²) in [7, 11) is 0. The van der Waals surface area contributed by atoms with Crippen LogP contribution in [0.15, 0.2) is 77.7 Å². The molecule has 0 radical (unpaired) electrons. The van der Waals surface area contributed by atoms with Crippen molar-refractivity contribution in [3.05, 3.63) is 88.9 Å². The van der Waals surface area contributed by atoms with Gasteiger partial charge in [0.1, 0.15) is 5.75 Å². The second-order valence-electron chi connectivity index (χ2n) is 6.45. The zero-order chi connectivity index (χ0) is 19.9. The first kappa shape index (κ1) is 20.3. The van der Waals surface area contributed by atoms with E-state index in [1.54, 1.807) is 43.0 Å². The number of hydrogen-bond acceptors (Lipinski definition) is 3. The van der Waals surface area contributed by atoms with E-state index in [9.17, 15) is 4.79 Å². The van der Waals surface area contributed by atoms with Crippen molar-refractivity contribution >= 4 is 35.0 Å². The van der Waals surface area contributed by atoms with Crippen molar-refractivity contribution in [1.82, 2.24) is 0 Å². The lowest BCUT2D eigenvalue weighted by atomic mass is 10.1. The largest absolute Gasteiger partial charge is 0.481 e. The zero-order valence-electron chi connectivity index (χ0n) is 15.8. The summed E-state index contributed by atoms with van der Waals surface area (Å²) in [5.74, 6) is 1.30. The number of amides is 1. The number of carbonyl (C=O) groups is 1. The molecule has 5 heteroatoms. The van der Waals surface area contributed by atoms with E-state index in [1.807, 2.05) is 37.3 Å². The average Bonchev–Trinajstić information content (AvgIpc) is 2.70. The molecule has 144 valence electrons. The smallest absolute Gasteiger partial charge is 0.265 e. The van der Waals surface area contributed by atoms with Crippen LogP contribution in [0, 0.1) is 6.92 Å². The van der Waals surface area contributed by atoms with Crippen molar-refractivity contribution in [2.75, 3.05) is 5.32 Å². The summed E-state index contributed by atoms with van der Waals surface area (Å²) in [4.78, 5) is 13.7. The minimum Gasteiger partial charge on any atom is -0.481 e. The van der Waals surface area contributed by atoms with Gasteiger partial charge in [0.2, 0.25) is 0 Å². The van der Waals surface area contributed by atoms with Gasteiger partial charge in [-0.25, -0.2) is 0 Å². The number of aryl methyl sites for hydroxylation is 1. The number of carbonyl (C=O) groups excluding carboxylic acids is 1. The zero-order valence-corrected chi connectivity index (χ0v) is 17.4. The molecule has 0 spiro atoms. The summed E-state index contributed by atoms with van der Waals surface area (Å²) >= 11 is 7.66. The van der Waals surface area contributed by atoms with Crippen LogP contribution in [0.5, 0.6) is 5.75 Å². The first-order valence-corrected chi connectivity index (χ1v) is 10.4. The Hall–Kier alpha value is -2.43. The summed E-state index contributed by atoms with van der Waals surface area (Å²) in [5.41, 5.74) is 3.04. The lowest BCUT2D eigenvalue weighted by Crippen LogP contribution is -2.30. The monoisotopic (exact) mass is 411 g/mol. The number of halogens is 1. The van der Waals surface area contributed by atoms with Crippen molar-refractivity contribution in [1.29, 1.82) is 0 Å². The highest BCUT2D eigenvalue weighted by Gasteiger charge is 2.16. The van der Waals surface area contributed by atoms with E-state index < -0.39 is 6.10 Å². The van der Waals surface area contributed by atoms with Crippen LogP contribution in [-0.2, 0) is 10.5 Å². The quantitative estimate of drug-likeness (QED) is 0.460. The van der Waals surface area contributed by atoms with Crippen LogP contribution in [0.2, 0.25) is 5.02 Å². The van der Waals surface area contributed by atoms with E-state index in [1.165, 1.54) is 10.5 Å². The maximum atomic E-state index is 12.5. The molecule has 3 aromatic rings. The minimum absolute atomic E-state index is 0.190. The van der Waals surface area contributed by atoms with E-state index in [4.69, 9.17) is 16.3 Å². The number of anilines is 1. The molecule has 0 heterocycles. The maximum absolute atomic E-state index is 12.5. The SMILES string of the molecule is Cc1cc(CSc2ccccc2)ccc1NC(=O)[C@@H](C)Oc1ccc(Cl)cc1. The van der Waals surface area contributed by atoms with Gasteiger partial charge < -0.3 is 10.1 Å². The lowest BCUT2D eigenvalue weighted by Gasteiger charge is -2.16. The molecular weight excluding hydrogens is 390 g/mol. The van der Waals surface area contributed by atoms with Gasteiger partial charge in [-0.2, -0.15) is 0 Å². The van der Waals surface area contributed by atoms with Gasteiger partial charge in [-0.1, -0.05) is 41.9 Å². The standard InChI is InChI=1S/C23H22ClNO2S/c1-16-14-18(15-28-21-6-4-3-5-7-21)8-13-22(16)25-23(26)17(2)27-20-11-9-19(24)10-12-20/h3-14,17H,15H2,1-2H3,(H,25,26)/t17-/m1/s1. The molecular formula is C23H22ClNO2S. The lowest BCUT2D eigenvalue weighted by molar-refractivity contribution is -0.122. The Morgan fingerprint density at radius 3 is 2.46 bits per heavy atom. The summed E-state index contributed by atoms with van der Waals surface area (Å²) in [6, 6.07) is 23.4. The van der Waals surface area contributed by atoms with Crippen molar-refractivity contribution in [2.45, 2.75) is 30.6 Å². The Morgan fingerprint density at radius 1 is 1.07 bits per heavy atom. The van der Waals surface area contributed by atoms with Crippen molar-refractivity contribution in [3.8, 4) is 5.75 Å².